The standard InChI is InChI=1S/C23H18N4O6S2/c24-22(32)27-19(30)16-15(11-6-8-13(28)9-7-11)18-21(34-17(16)20(27)31)26(23(33)35-18)10-14(29)25-12-4-2-1-3-5-12/h1-9,15-17,28H,10H2,(H2,24,32)(H,25,29). The van der Waals surface area contributed by atoms with E-state index in [-0.39, 0.29) is 12.3 Å². The van der Waals surface area contributed by atoms with Gasteiger partial charge in [-0.15, -0.1) is 0 Å². The number of phenolic OH excluding ortho intramolecular Hbond substituents is 1. The average molecular weight is 511 g/mol. The minimum absolute atomic E-state index is 0.00614. The Labute approximate surface area is 206 Å². The maximum Gasteiger partial charge on any atom is 0.328 e. The molecule has 5 amide bonds. The molecule has 0 radical (unpaired) electrons. The molecule has 2 aliphatic heterocycles. The fourth-order valence-corrected chi connectivity index (χ4v) is 7.15. The summed E-state index contributed by atoms with van der Waals surface area (Å²) in [6.45, 7) is -0.298. The number of carbonyl (C=O) groups excluding carboxylic acids is 4. The molecule has 4 N–H and O–H groups in total. The van der Waals surface area contributed by atoms with Crippen molar-refractivity contribution in [2.45, 2.75) is 22.7 Å². The van der Waals surface area contributed by atoms with Crippen molar-refractivity contribution in [2.24, 2.45) is 11.7 Å². The number of fused-ring (bicyclic) bond motifs is 2. The van der Waals surface area contributed by atoms with Gasteiger partial charge >= 0.3 is 10.9 Å². The van der Waals surface area contributed by atoms with Crippen LogP contribution in [0, 0.1) is 5.92 Å². The van der Waals surface area contributed by atoms with Crippen molar-refractivity contribution in [3.63, 3.8) is 0 Å². The number of imide groups is 3. The van der Waals surface area contributed by atoms with Gasteiger partial charge < -0.3 is 16.2 Å². The molecule has 35 heavy (non-hydrogen) atoms. The summed E-state index contributed by atoms with van der Waals surface area (Å²) in [7, 11) is 0. The molecule has 3 heterocycles. The van der Waals surface area contributed by atoms with Crippen LogP contribution < -0.4 is 15.9 Å². The number of thioether (sulfide) groups is 1. The summed E-state index contributed by atoms with van der Waals surface area (Å²) in [5.74, 6) is -3.64. The van der Waals surface area contributed by atoms with E-state index in [9.17, 15) is 29.1 Å². The van der Waals surface area contributed by atoms with Gasteiger partial charge in [-0.2, -0.15) is 4.90 Å². The van der Waals surface area contributed by atoms with Crippen LogP contribution in [0.3, 0.4) is 0 Å². The molecule has 0 aliphatic carbocycles. The molecule has 3 atom stereocenters. The first-order valence-corrected chi connectivity index (χ1v) is 12.2. The number of amides is 5. The number of benzene rings is 2. The highest BCUT2D eigenvalue weighted by Crippen LogP contribution is 2.53. The van der Waals surface area contributed by atoms with Crippen molar-refractivity contribution in [3.05, 3.63) is 74.7 Å². The van der Waals surface area contributed by atoms with E-state index in [1.165, 1.54) is 16.7 Å². The number of rotatable bonds is 4. The number of anilines is 1. The number of thiazole rings is 1. The lowest BCUT2D eigenvalue weighted by molar-refractivity contribution is -0.135. The summed E-state index contributed by atoms with van der Waals surface area (Å²) in [6.07, 6.45) is 0. The maximum absolute atomic E-state index is 13.1. The number of para-hydroxylation sites is 1. The van der Waals surface area contributed by atoms with Crippen LogP contribution in [0.2, 0.25) is 0 Å². The van der Waals surface area contributed by atoms with Crippen LogP contribution >= 0.6 is 23.1 Å². The molecule has 1 fully saturated rings. The molecule has 0 saturated carbocycles. The van der Waals surface area contributed by atoms with Gasteiger partial charge in [0.1, 0.15) is 17.5 Å². The second kappa shape index (κ2) is 8.71. The first kappa shape index (κ1) is 22.9. The summed E-state index contributed by atoms with van der Waals surface area (Å²) >= 11 is 1.86. The van der Waals surface area contributed by atoms with Gasteiger partial charge in [-0.1, -0.05) is 53.4 Å². The average Bonchev–Trinajstić information content (AvgIpc) is 3.26. The summed E-state index contributed by atoms with van der Waals surface area (Å²) in [4.78, 5) is 64.2. The lowest BCUT2D eigenvalue weighted by Crippen LogP contribution is -2.41. The predicted molar refractivity (Wildman–Crippen MR) is 128 cm³/mol. The Morgan fingerprint density at radius 2 is 1.69 bits per heavy atom. The first-order chi connectivity index (χ1) is 16.8. The number of hydrogen-bond donors (Lipinski definition) is 3. The van der Waals surface area contributed by atoms with E-state index >= 15 is 0 Å². The molecule has 2 aliphatic rings. The third-order valence-corrected chi connectivity index (χ3v) is 8.48. The number of nitrogens with one attached hydrogen (secondary N) is 1. The molecule has 0 bridgehead atoms. The molecule has 3 aromatic rings. The zero-order valence-corrected chi connectivity index (χ0v) is 19.5. The van der Waals surface area contributed by atoms with Crippen molar-refractivity contribution >= 4 is 52.5 Å². The number of aromatic hydroxyl groups is 1. The molecule has 1 saturated heterocycles. The zero-order chi connectivity index (χ0) is 24.9. The number of hydrogen-bond acceptors (Lipinski definition) is 8. The van der Waals surface area contributed by atoms with Crippen molar-refractivity contribution < 1.29 is 24.3 Å². The van der Waals surface area contributed by atoms with Crippen LogP contribution in [0.1, 0.15) is 16.4 Å². The Morgan fingerprint density at radius 3 is 2.34 bits per heavy atom. The van der Waals surface area contributed by atoms with Gasteiger partial charge in [0, 0.05) is 16.5 Å². The molecule has 3 unspecified atom stereocenters. The van der Waals surface area contributed by atoms with Gasteiger partial charge in [0.05, 0.1) is 10.9 Å². The van der Waals surface area contributed by atoms with E-state index in [4.69, 9.17) is 5.73 Å². The van der Waals surface area contributed by atoms with Crippen LogP contribution in [0.4, 0.5) is 10.5 Å². The van der Waals surface area contributed by atoms with Crippen LogP contribution in [-0.4, -0.2) is 43.6 Å². The second-order valence-corrected chi connectivity index (χ2v) is 10.1. The van der Waals surface area contributed by atoms with Gasteiger partial charge in [-0.05, 0) is 29.8 Å². The monoisotopic (exact) mass is 510 g/mol. The third-order valence-electron chi connectivity index (χ3n) is 5.88. The molecular formula is C23H18N4O6S2. The number of urea groups is 1. The molecule has 0 spiro atoms. The molecule has 1 aromatic heterocycles. The first-order valence-electron chi connectivity index (χ1n) is 10.5. The van der Waals surface area contributed by atoms with E-state index in [1.807, 2.05) is 0 Å². The normalized spacial score (nSPS) is 20.9. The smallest absolute Gasteiger partial charge is 0.328 e. The third kappa shape index (κ3) is 3.90. The Balaban J connectivity index is 1.58. The minimum Gasteiger partial charge on any atom is -0.508 e. The van der Waals surface area contributed by atoms with Crippen molar-refractivity contribution in [3.8, 4) is 5.75 Å². The van der Waals surface area contributed by atoms with E-state index < -0.39 is 45.7 Å². The van der Waals surface area contributed by atoms with E-state index in [2.05, 4.69) is 5.32 Å². The van der Waals surface area contributed by atoms with E-state index in [1.54, 1.807) is 42.5 Å². The lowest BCUT2D eigenvalue weighted by Gasteiger charge is -2.30. The lowest BCUT2D eigenvalue weighted by atomic mass is 9.83. The Kier molecular flexibility index (Phi) is 5.69. The van der Waals surface area contributed by atoms with Crippen LogP contribution in [0.5, 0.6) is 5.75 Å². The summed E-state index contributed by atoms with van der Waals surface area (Å²) in [5.41, 5.74) is 6.45. The summed E-state index contributed by atoms with van der Waals surface area (Å²) in [6, 6.07) is 13.7. The Morgan fingerprint density at radius 1 is 1.00 bits per heavy atom. The van der Waals surface area contributed by atoms with Crippen molar-refractivity contribution in [2.75, 3.05) is 5.32 Å². The number of likely N-dealkylation sites (tertiary alicyclic amines) is 1. The fraction of sp³-hybridized carbons (Fsp3) is 0.174. The van der Waals surface area contributed by atoms with E-state index in [0.29, 0.717) is 26.1 Å². The van der Waals surface area contributed by atoms with Gasteiger partial charge in [0.2, 0.25) is 11.8 Å². The van der Waals surface area contributed by atoms with Crippen molar-refractivity contribution in [1.29, 1.82) is 0 Å². The number of primary amides is 1. The zero-order valence-electron chi connectivity index (χ0n) is 17.9. The topological polar surface area (TPSA) is 152 Å². The Bertz CT molecular complexity index is 1420. The molecule has 178 valence electrons. The fourth-order valence-electron chi connectivity index (χ4n) is 4.38. The molecule has 12 heteroatoms. The van der Waals surface area contributed by atoms with Gasteiger partial charge in [0.25, 0.3) is 5.91 Å². The second-order valence-electron chi connectivity index (χ2n) is 8.02. The minimum atomic E-state index is -1.16. The van der Waals surface area contributed by atoms with Crippen LogP contribution in [0.25, 0.3) is 0 Å². The van der Waals surface area contributed by atoms with Crippen LogP contribution in [0.15, 0.2) is 64.4 Å². The highest BCUT2D eigenvalue weighted by Gasteiger charge is 2.57. The number of nitrogens with zero attached hydrogens (tertiary/aromatic N) is 2. The summed E-state index contributed by atoms with van der Waals surface area (Å²) < 4.78 is 1.28. The number of aromatic nitrogens is 1. The van der Waals surface area contributed by atoms with Gasteiger partial charge in [0.15, 0.2) is 0 Å². The van der Waals surface area contributed by atoms with E-state index in [0.717, 1.165) is 23.1 Å². The number of nitrogens with two attached hydrogens (primary N) is 1. The molecular weight excluding hydrogens is 492 g/mol. The quantitative estimate of drug-likeness (QED) is 0.454. The number of carbonyl (C=O) groups is 4. The van der Waals surface area contributed by atoms with Gasteiger partial charge in [-0.3, -0.25) is 23.7 Å². The van der Waals surface area contributed by atoms with Gasteiger partial charge in [-0.25, -0.2) is 4.79 Å². The molecule has 10 nitrogen and oxygen atoms in total. The van der Waals surface area contributed by atoms with Crippen molar-refractivity contribution in [1.82, 2.24) is 9.47 Å². The maximum atomic E-state index is 13.1. The molecule has 2 aromatic carbocycles. The highest BCUT2D eigenvalue weighted by molar-refractivity contribution is 8.00. The molecule has 5 rings (SSSR count). The SMILES string of the molecule is NC(=O)N1C(=O)C2Sc3c(sc(=O)n3CC(=O)Nc3ccccc3)C(c3ccc(O)cc3)C2C1=O. The van der Waals surface area contributed by atoms with Crippen LogP contribution in [-0.2, 0) is 20.9 Å². The number of phenols is 1. The largest absolute Gasteiger partial charge is 0.508 e. The predicted octanol–water partition coefficient (Wildman–Crippen LogP) is 1.92. The summed E-state index contributed by atoms with van der Waals surface area (Å²) in [5, 5.41) is 11.8. The highest BCUT2D eigenvalue weighted by atomic mass is 32.2. The Hall–Kier alpha value is -3.90.